The molecule has 0 amide bonds. The van der Waals surface area contributed by atoms with Gasteiger partial charge in [-0.05, 0) is 30.9 Å². The van der Waals surface area contributed by atoms with Crippen LogP contribution >= 0.6 is 24.4 Å². The van der Waals surface area contributed by atoms with Crippen LogP contribution in [0.1, 0.15) is 37.9 Å². The fourth-order valence-corrected chi connectivity index (χ4v) is 3.97. The normalized spacial score (nSPS) is 19.9. The third kappa shape index (κ3) is 2.94. The number of thioether (sulfide) groups is 1. The molecule has 1 heterocycles. The van der Waals surface area contributed by atoms with Crippen LogP contribution in [-0.4, -0.2) is 26.7 Å². The van der Waals surface area contributed by atoms with Gasteiger partial charge in [0.2, 0.25) is 5.16 Å². The standard InChI is InChI=1S/C11H19N3S2/c1-9-12-10(14-13-9)16-8-11(7-15)5-3-2-4-6-11/h15H,2-8H2,1H3,(H,12,13,14). The van der Waals surface area contributed by atoms with Gasteiger partial charge in [-0.25, -0.2) is 4.98 Å². The molecule has 0 aromatic carbocycles. The average Bonchev–Trinajstić information content (AvgIpc) is 2.74. The molecule has 0 saturated heterocycles. The lowest BCUT2D eigenvalue weighted by atomic mass is 9.77. The van der Waals surface area contributed by atoms with Crippen molar-refractivity contribution in [3.05, 3.63) is 5.82 Å². The molecule has 1 aromatic heterocycles. The molecule has 1 fully saturated rings. The largest absolute Gasteiger partial charge is 0.262 e. The van der Waals surface area contributed by atoms with E-state index in [0.29, 0.717) is 5.41 Å². The average molecular weight is 257 g/mol. The number of aromatic amines is 1. The van der Waals surface area contributed by atoms with E-state index in [-0.39, 0.29) is 0 Å². The minimum Gasteiger partial charge on any atom is -0.262 e. The summed E-state index contributed by atoms with van der Waals surface area (Å²) < 4.78 is 0. The molecule has 1 aromatic rings. The highest BCUT2D eigenvalue weighted by molar-refractivity contribution is 7.99. The molecule has 5 heteroatoms. The molecule has 1 N–H and O–H groups in total. The highest BCUT2D eigenvalue weighted by Gasteiger charge is 2.31. The number of hydrogen-bond donors (Lipinski definition) is 2. The van der Waals surface area contributed by atoms with E-state index in [1.165, 1.54) is 32.1 Å². The number of nitrogens with zero attached hydrogens (tertiary/aromatic N) is 2. The van der Waals surface area contributed by atoms with Gasteiger partial charge in [0.25, 0.3) is 0 Å². The van der Waals surface area contributed by atoms with Crippen molar-refractivity contribution in [1.82, 2.24) is 15.2 Å². The molecule has 2 rings (SSSR count). The van der Waals surface area contributed by atoms with Crippen LogP contribution in [0.5, 0.6) is 0 Å². The van der Waals surface area contributed by atoms with Crippen molar-refractivity contribution in [2.75, 3.05) is 11.5 Å². The van der Waals surface area contributed by atoms with Gasteiger partial charge in [-0.3, -0.25) is 5.10 Å². The van der Waals surface area contributed by atoms with Crippen molar-refractivity contribution < 1.29 is 0 Å². The van der Waals surface area contributed by atoms with Crippen molar-refractivity contribution in [3.8, 4) is 0 Å². The van der Waals surface area contributed by atoms with Crippen LogP contribution in [0.2, 0.25) is 0 Å². The maximum absolute atomic E-state index is 4.54. The minimum absolute atomic E-state index is 0.417. The van der Waals surface area contributed by atoms with Crippen molar-refractivity contribution in [2.24, 2.45) is 5.41 Å². The van der Waals surface area contributed by atoms with Gasteiger partial charge in [0.05, 0.1) is 0 Å². The predicted octanol–water partition coefficient (Wildman–Crippen LogP) is 3.09. The van der Waals surface area contributed by atoms with Gasteiger partial charge >= 0.3 is 0 Å². The number of aryl methyl sites for hydroxylation is 1. The minimum atomic E-state index is 0.417. The summed E-state index contributed by atoms with van der Waals surface area (Å²) in [5, 5.41) is 7.93. The fourth-order valence-electron chi connectivity index (χ4n) is 2.25. The van der Waals surface area contributed by atoms with Gasteiger partial charge in [-0.15, -0.1) is 5.10 Å². The lowest BCUT2D eigenvalue weighted by molar-refractivity contribution is 0.258. The first-order valence-corrected chi connectivity index (χ1v) is 7.49. The third-order valence-electron chi connectivity index (χ3n) is 3.33. The van der Waals surface area contributed by atoms with Crippen LogP contribution < -0.4 is 0 Å². The Morgan fingerprint density at radius 1 is 1.38 bits per heavy atom. The fraction of sp³-hybridized carbons (Fsp3) is 0.818. The molecule has 0 aliphatic heterocycles. The Hall–Kier alpha value is -0.160. The summed E-state index contributed by atoms with van der Waals surface area (Å²) in [7, 11) is 0. The van der Waals surface area contributed by atoms with Crippen LogP contribution in [0.25, 0.3) is 0 Å². The first kappa shape index (κ1) is 12.3. The van der Waals surface area contributed by atoms with Crippen LogP contribution in [0.15, 0.2) is 5.16 Å². The van der Waals surface area contributed by atoms with E-state index in [0.717, 1.165) is 22.5 Å². The molecule has 0 atom stereocenters. The van der Waals surface area contributed by atoms with Crippen molar-refractivity contribution in [1.29, 1.82) is 0 Å². The first-order valence-electron chi connectivity index (χ1n) is 5.87. The highest BCUT2D eigenvalue weighted by atomic mass is 32.2. The number of hydrogen-bond acceptors (Lipinski definition) is 4. The second kappa shape index (κ2) is 5.45. The smallest absolute Gasteiger partial charge is 0.208 e. The Balaban J connectivity index is 1.91. The van der Waals surface area contributed by atoms with Crippen LogP contribution in [0, 0.1) is 12.3 Å². The molecule has 0 bridgehead atoms. The van der Waals surface area contributed by atoms with Gasteiger partial charge in [0, 0.05) is 5.75 Å². The zero-order chi connectivity index (χ0) is 11.4. The summed E-state index contributed by atoms with van der Waals surface area (Å²) in [5.74, 6) is 2.99. The molecule has 0 unspecified atom stereocenters. The molecule has 1 aliphatic rings. The van der Waals surface area contributed by atoms with E-state index in [1.807, 2.05) is 6.92 Å². The molecule has 3 nitrogen and oxygen atoms in total. The van der Waals surface area contributed by atoms with Crippen LogP contribution in [0.3, 0.4) is 0 Å². The van der Waals surface area contributed by atoms with Crippen molar-refractivity contribution in [3.63, 3.8) is 0 Å². The molecule has 0 spiro atoms. The molecule has 16 heavy (non-hydrogen) atoms. The first-order chi connectivity index (χ1) is 7.74. The number of thiol groups is 1. The SMILES string of the molecule is Cc1nc(SCC2(CS)CCCCC2)n[nH]1. The molecular formula is C11H19N3S2. The monoisotopic (exact) mass is 257 g/mol. The van der Waals surface area contributed by atoms with Gasteiger partial charge < -0.3 is 0 Å². The number of nitrogens with one attached hydrogen (secondary N) is 1. The second-order valence-electron chi connectivity index (χ2n) is 4.71. The summed E-state index contributed by atoms with van der Waals surface area (Å²) in [6.07, 6.45) is 6.72. The molecule has 0 radical (unpaired) electrons. The highest BCUT2D eigenvalue weighted by Crippen LogP contribution is 2.40. The van der Waals surface area contributed by atoms with Gasteiger partial charge in [0.1, 0.15) is 5.82 Å². The summed E-state index contributed by atoms with van der Waals surface area (Å²) in [6.45, 7) is 1.94. The van der Waals surface area contributed by atoms with E-state index in [1.54, 1.807) is 11.8 Å². The quantitative estimate of drug-likeness (QED) is 0.643. The van der Waals surface area contributed by atoms with E-state index in [9.17, 15) is 0 Å². The Morgan fingerprint density at radius 2 is 2.12 bits per heavy atom. The summed E-state index contributed by atoms with van der Waals surface area (Å²) in [5.41, 5.74) is 0.417. The van der Waals surface area contributed by atoms with Gasteiger partial charge in [-0.1, -0.05) is 31.0 Å². The lowest BCUT2D eigenvalue weighted by Crippen LogP contribution is -2.28. The molecular weight excluding hydrogens is 238 g/mol. The van der Waals surface area contributed by atoms with Gasteiger partial charge in [0.15, 0.2) is 0 Å². The zero-order valence-electron chi connectivity index (χ0n) is 9.70. The van der Waals surface area contributed by atoms with Gasteiger partial charge in [-0.2, -0.15) is 12.6 Å². The Labute approximate surface area is 107 Å². The Bertz CT molecular complexity index is 332. The molecule has 90 valence electrons. The summed E-state index contributed by atoms with van der Waals surface area (Å²) in [4.78, 5) is 4.33. The number of H-pyrrole nitrogens is 1. The third-order valence-corrected chi connectivity index (χ3v) is 5.20. The van der Waals surface area contributed by atoms with E-state index in [2.05, 4.69) is 27.8 Å². The van der Waals surface area contributed by atoms with E-state index < -0.39 is 0 Å². The van der Waals surface area contributed by atoms with E-state index >= 15 is 0 Å². The second-order valence-corrected chi connectivity index (χ2v) is 5.97. The molecule has 1 saturated carbocycles. The van der Waals surface area contributed by atoms with E-state index in [4.69, 9.17) is 0 Å². The number of aromatic nitrogens is 3. The Kier molecular flexibility index (Phi) is 4.19. The zero-order valence-corrected chi connectivity index (χ0v) is 11.4. The maximum Gasteiger partial charge on any atom is 0.208 e. The maximum atomic E-state index is 4.54. The topological polar surface area (TPSA) is 41.6 Å². The van der Waals surface area contributed by atoms with Crippen molar-refractivity contribution >= 4 is 24.4 Å². The summed E-state index contributed by atoms with van der Waals surface area (Å²) in [6, 6.07) is 0. The van der Waals surface area contributed by atoms with Crippen molar-refractivity contribution in [2.45, 2.75) is 44.2 Å². The van der Waals surface area contributed by atoms with Crippen LogP contribution in [0.4, 0.5) is 0 Å². The molecule has 1 aliphatic carbocycles. The predicted molar refractivity (Wildman–Crippen MR) is 71.2 cm³/mol. The van der Waals surface area contributed by atoms with Crippen LogP contribution in [-0.2, 0) is 0 Å². The Morgan fingerprint density at radius 3 is 2.69 bits per heavy atom. The number of rotatable bonds is 4. The summed E-state index contributed by atoms with van der Waals surface area (Å²) >= 11 is 6.31. The lowest BCUT2D eigenvalue weighted by Gasteiger charge is -2.35.